The lowest BCUT2D eigenvalue weighted by Gasteiger charge is -2.32. The van der Waals surface area contributed by atoms with Gasteiger partial charge in [-0.15, -0.1) is 0 Å². The topological polar surface area (TPSA) is 53.9 Å². The summed E-state index contributed by atoms with van der Waals surface area (Å²) >= 11 is 6.06. The standard InChI is InChI=1S/C16H20ClN3O2/c1-22-14-8-7-11(17)9-13(14)19-16-18-10-15(21)20(16)12-5-3-2-4-6-12/h7-9,12H,2-6,10H2,1H3,(H,18,19). The van der Waals surface area contributed by atoms with E-state index in [1.807, 2.05) is 4.90 Å². The van der Waals surface area contributed by atoms with E-state index in [1.165, 1.54) is 19.3 Å². The molecule has 2 aliphatic rings. The van der Waals surface area contributed by atoms with Crippen LogP contribution in [0.5, 0.6) is 5.75 Å². The number of carbonyl (C=O) groups is 1. The van der Waals surface area contributed by atoms with Crippen molar-refractivity contribution in [3.63, 3.8) is 0 Å². The quantitative estimate of drug-likeness (QED) is 0.929. The predicted molar refractivity (Wildman–Crippen MR) is 87.6 cm³/mol. The van der Waals surface area contributed by atoms with Crippen molar-refractivity contribution in [1.82, 2.24) is 4.90 Å². The number of carbonyl (C=O) groups excluding carboxylic acids is 1. The first-order chi connectivity index (χ1) is 10.7. The second kappa shape index (κ2) is 6.57. The zero-order valence-electron chi connectivity index (χ0n) is 12.6. The summed E-state index contributed by atoms with van der Waals surface area (Å²) in [4.78, 5) is 18.4. The minimum Gasteiger partial charge on any atom is -0.495 e. The van der Waals surface area contributed by atoms with Crippen molar-refractivity contribution >= 4 is 29.2 Å². The fraction of sp³-hybridized carbons (Fsp3) is 0.500. The Balaban J connectivity index is 1.81. The molecular weight excluding hydrogens is 302 g/mol. The van der Waals surface area contributed by atoms with Crippen molar-refractivity contribution in [1.29, 1.82) is 0 Å². The average Bonchev–Trinajstić information content (AvgIpc) is 2.89. The van der Waals surface area contributed by atoms with Gasteiger partial charge in [0.1, 0.15) is 12.3 Å². The molecule has 0 radical (unpaired) electrons. The van der Waals surface area contributed by atoms with Crippen molar-refractivity contribution in [3.05, 3.63) is 23.2 Å². The van der Waals surface area contributed by atoms with Gasteiger partial charge < -0.3 is 10.1 Å². The molecule has 1 amide bonds. The maximum atomic E-state index is 12.2. The van der Waals surface area contributed by atoms with Crippen LogP contribution in [0.25, 0.3) is 0 Å². The van der Waals surface area contributed by atoms with Gasteiger partial charge in [0, 0.05) is 11.1 Å². The van der Waals surface area contributed by atoms with E-state index < -0.39 is 0 Å². The molecule has 1 heterocycles. The normalized spacial score (nSPS) is 19.3. The van der Waals surface area contributed by atoms with Crippen LogP contribution in [0.15, 0.2) is 23.2 Å². The maximum absolute atomic E-state index is 12.2. The number of benzene rings is 1. The first-order valence-electron chi connectivity index (χ1n) is 7.66. The highest BCUT2D eigenvalue weighted by Crippen LogP contribution is 2.30. The number of rotatable bonds is 3. The lowest BCUT2D eigenvalue weighted by atomic mass is 9.94. The fourth-order valence-electron chi connectivity index (χ4n) is 3.13. The Kier molecular flexibility index (Phi) is 4.52. The average molecular weight is 322 g/mol. The van der Waals surface area contributed by atoms with Gasteiger partial charge in [0.25, 0.3) is 5.91 Å². The van der Waals surface area contributed by atoms with E-state index in [0.717, 1.165) is 18.5 Å². The number of anilines is 1. The smallest absolute Gasteiger partial charge is 0.251 e. The Morgan fingerprint density at radius 1 is 1.32 bits per heavy atom. The third kappa shape index (κ3) is 3.04. The number of guanidine groups is 1. The summed E-state index contributed by atoms with van der Waals surface area (Å²) in [5, 5.41) is 3.83. The highest BCUT2D eigenvalue weighted by molar-refractivity contribution is 6.31. The van der Waals surface area contributed by atoms with E-state index in [0.29, 0.717) is 16.7 Å². The Hall–Kier alpha value is -1.75. The van der Waals surface area contributed by atoms with Crippen LogP contribution in [0.2, 0.25) is 5.02 Å². The number of halogens is 1. The molecule has 1 fully saturated rings. The number of hydrogen-bond acceptors (Lipinski definition) is 4. The van der Waals surface area contributed by atoms with Gasteiger partial charge in [-0.1, -0.05) is 30.9 Å². The Morgan fingerprint density at radius 3 is 2.82 bits per heavy atom. The van der Waals surface area contributed by atoms with Crippen molar-refractivity contribution in [2.45, 2.75) is 38.1 Å². The molecule has 0 saturated heterocycles. The molecule has 1 aliphatic carbocycles. The number of methoxy groups -OCH3 is 1. The molecule has 0 aromatic heterocycles. The SMILES string of the molecule is COc1ccc(Cl)cc1NC1=NCC(=O)N1C1CCCCC1. The van der Waals surface area contributed by atoms with Gasteiger partial charge >= 0.3 is 0 Å². The van der Waals surface area contributed by atoms with E-state index in [4.69, 9.17) is 16.3 Å². The number of hydrogen-bond donors (Lipinski definition) is 1. The summed E-state index contributed by atoms with van der Waals surface area (Å²) in [6, 6.07) is 5.60. The monoisotopic (exact) mass is 321 g/mol. The molecule has 1 saturated carbocycles. The van der Waals surface area contributed by atoms with Crippen molar-refractivity contribution in [2.75, 3.05) is 19.0 Å². The highest BCUT2D eigenvalue weighted by atomic mass is 35.5. The Bertz CT molecular complexity index is 597. The third-order valence-electron chi connectivity index (χ3n) is 4.21. The van der Waals surface area contributed by atoms with Crippen molar-refractivity contribution in [2.24, 2.45) is 4.99 Å². The molecule has 5 nitrogen and oxygen atoms in total. The summed E-state index contributed by atoms with van der Waals surface area (Å²) in [5.74, 6) is 1.35. The van der Waals surface area contributed by atoms with E-state index in [9.17, 15) is 4.79 Å². The highest BCUT2D eigenvalue weighted by Gasteiger charge is 2.33. The summed E-state index contributed by atoms with van der Waals surface area (Å²) in [7, 11) is 1.61. The number of amides is 1. The molecule has 3 rings (SSSR count). The largest absolute Gasteiger partial charge is 0.495 e. The number of nitrogens with one attached hydrogen (secondary N) is 1. The van der Waals surface area contributed by atoms with E-state index >= 15 is 0 Å². The van der Waals surface area contributed by atoms with Gasteiger partial charge in [0.05, 0.1) is 12.8 Å². The number of nitrogens with zero attached hydrogens (tertiary/aromatic N) is 2. The molecule has 0 atom stereocenters. The molecule has 118 valence electrons. The fourth-order valence-corrected chi connectivity index (χ4v) is 3.30. The maximum Gasteiger partial charge on any atom is 0.251 e. The summed E-state index contributed by atoms with van der Waals surface area (Å²) in [6.07, 6.45) is 5.67. The first-order valence-corrected chi connectivity index (χ1v) is 8.04. The van der Waals surface area contributed by atoms with Gasteiger partial charge in [-0.25, -0.2) is 4.99 Å². The summed E-state index contributed by atoms with van der Waals surface area (Å²) in [5.41, 5.74) is 0.726. The molecule has 0 spiro atoms. The van der Waals surface area contributed by atoms with Crippen LogP contribution >= 0.6 is 11.6 Å². The van der Waals surface area contributed by atoms with Gasteiger partial charge in [0.2, 0.25) is 5.96 Å². The summed E-state index contributed by atoms with van der Waals surface area (Å²) < 4.78 is 5.34. The first kappa shape index (κ1) is 15.2. The zero-order valence-corrected chi connectivity index (χ0v) is 13.4. The van der Waals surface area contributed by atoms with Crippen molar-refractivity contribution in [3.8, 4) is 5.75 Å². The summed E-state index contributed by atoms with van der Waals surface area (Å²) in [6.45, 7) is 0.210. The predicted octanol–water partition coefficient (Wildman–Crippen LogP) is 3.29. The van der Waals surface area contributed by atoms with E-state index in [-0.39, 0.29) is 18.5 Å². The van der Waals surface area contributed by atoms with E-state index in [2.05, 4.69) is 10.3 Å². The van der Waals surface area contributed by atoms with E-state index in [1.54, 1.807) is 25.3 Å². The molecule has 22 heavy (non-hydrogen) atoms. The van der Waals surface area contributed by atoms with Crippen LogP contribution in [0, 0.1) is 0 Å². The lowest BCUT2D eigenvalue weighted by molar-refractivity contribution is -0.126. The van der Waals surface area contributed by atoms with Crippen LogP contribution < -0.4 is 10.1 Å². The van der Waals surface area contributed by atoms with Gasteiger partial charge in [-0.05, 0) is 31.0 Å². The molecule has 0 unspecified atom stereocenters. The Labute approximate surface area is 135 Å². The lowest BCUT2D eigenvalue weighted by Crippen LogP contribution is -2.45. The number of aliphatic imine (C=N–C) groups is 1. The van der Waals surface area contributed by atoms with Crippen LogP contribution in [0.4, 0.5) is 5.69 Å². The van der Waals surface area contributed by atoms with Gasteiger partial charge in [0.15, 0.2) is 0 Å². The van der Waals surface area contributed by atoms with Crippen LogP contribution in [0.1, 0.15) is 32.1 Å². The minimum atomic E-state index is 0.0652. The van der Waals surface area contributed by atoms with Gasteiger partial charge in [-0.2, -0.15) is 0 Å². The molecule has 0 bridgehead atoms. The zero-order chi connectivity index (χ0) is 15.5. The molecule has 1 aromatic rings. The van der Waals surface area contributed by atoms with Gasteiger partial charge in [-0.3, -0.25) is 9.69 Å². The van der Waals surface area contributed by atoms with Crippen LogP contribution in [0.3, 0.4) is 0 Å². The molecule has 1 aromatic carbocycles. The second-order valence-corrected chi connectivity index (χ2v) is 6.10. The Morgan fingerprint density at radius 2 is 2.09 bits per heavy atom. The number of ether oxygens (including phenoxy) is 1. The van der Waals surface area contributed by atoms with Crippen LogP contribution in [-0.4, -0.2) is 36.5 Å². The van der Waals surface area contributed by atoms with Crippen molar-refractivity contribution < 1.29 is 9.53 Å². The molecule has 1 N–H and O–H groups in total. The third-order valence-corrected chi connectivity index (χ3v) is 4.44. The molecule has 1 aliphatic heterocycles. The minimum absolute atomic E-state index is 0.0652. The second-order valence-electron chi connectivity index (χ2n) is 5.67. The van der Waals surface area contributed by atoms with Crippen LogP contribution in [-0.2, 0) is 4.79 Å². The molecular formula is C16H20ClN3O2. The molecule has 6 heteroatoms.